The van der Waals surface area contributed by atoms with Crippen LogP contribution in [-0.2, 0) is 19.5 Å². The van der Waals surface area contributed by atoms with Crippen molar-refractivity contribution in [1.29, 1.82) is 0 Å². The van der Waals surface area contributed by atoms with Crippen LogP contribution in [0.4, 0.5) is 5.69 Å². The largest absolute Gasteiger partial charge is 0.465 e. The Morgan fingerprint density at radius 3 is 1.78 bits per heavy atom. The minimum atomic E-state index is -4.21. The van der Waals surface area contributed by atoms with Gasteiger partial charge in [-0.25, -0.2) is 18.0 Å². The zero-order valence-electron chi connectivity index (χ0n) is 13.9. The lowest BCUT2D eigenvalue weighted by molar-refractivity contribution is 0.0599. The second-order valence-electron chi connectivity index (χ2n) is 5.08. The van der Waals surface area contributed by atoms with Gasteiger partial charge in [0, 0.05) is 0 Å². The van der Waals surface area contributed by atoms with Crippen LogP contribution in [0.15, 0.2) is 35.2 Å². The number of rotatable bonds is 5. The van der Waals surface area contributed by atoms with E-state index in [1.165, 1.54) is 24.3 Å². The first-order valence-corrected chi connectivity index (χ1v) is 9.70. The number of esters is 2. The third-order valence-electron chi connectivity index (χ3n) is 3.29. The molecule has 0 saturated carbocycles. The summed E-state index contributed by atoms with van der Waals surface area (Å²) in [6.07, 6.45) is 0. The van der Waals surface area contributed by atoms with Gasteiger partial charge in [-0.05, 0) is 30.3 Å². The van der Waals surface area contributed by atoms with Crippen LogP contribution in [-0.4, -0.2) is 34.6 Å². The number of hydrogen-bond donors (Lipinski definition) is 1. The molecule has 0 bridgehead atoms. The van der Waals surface area contributed by atoms with Gasteiger partial charge in [-0.2, -0.15) is 0 Å². The van der Waals surface area contributed by atoms with Gasteiger partial charge < -0.3 is 9.47 Å². The summed E-state index contributed by atoms with van der Waals surface area (Å²) in [5.74, 6) is -1.54. The second kappa shape index (κ2) is 8.35. The van der Waals surface area contributed by atoms with E-state index in [9.17, 15) is 18.0 Å². The molecular formula is C16H12Cl3NO6S. The molecule has 0 atom stereocenters. The Balaban J connectivity index is 2.53. The molecule has 0 aliphatic carbocycles. The molecule has 0 aliphatic heterocycles. The number of nitrogens with one attached hydrogen (secondary N) is 1. The molecule has 0 fully saturated rings. The van der Waals surface area contributed by atoms with E-state index in [4.69, 9.17) is 34.8 Å². The van der Waals surface area contributed by atoms with E-state index in [0.717, 1.165) is 20.3 Å². The summed E-state index contributed by atoms with van der Waals surface area (Å²) in [5, 5.41) is -0.0875. The van der Waals surface area contributed by atoms with Crippen molar-refractivity contribution in [3.8, 4) is 0 Å². The first-order chi connectivity index (χ1) is 12.6. The predicted octanol–water partition coefficient (Wildman–Crippen LogP) is 4.02. The molecule has 0 spiro atoms. The highest BCUT2D eigenvalue weighted by Gasteiger charge is 2.22. The predicted molar refractivity (Wildman–Crippen MR) is 101 cm³/mol. The first-order valence-electron chi connectivity index (χ1n) is 7.08. The number of carbonyl (C=O) groups excluding carboxylic acids is 2. The molecule has 0 aromatic heterocycles. The van der Waals surface area contributed by atoms with E-state index >= 15 is 0 Å². The van der Waals surface area contributed by atoms with Gasteiger partial charge in [-0.15, -0.1) is 0 Å². The van der Waals surface area contributed by atoms with E-state index in [1.807, 2.05) is 0 Å². The van der Waals surface area contributed by atoms with Gasteiger partial charge in [0.2, 0.25) is 0 Å². The SMILES string of the molecule is COC(=O)c1cc(NS(=O)(=O)c2cc(Cl)c(Cl)cc2Cl)cc(C(=O)OC)c1. The van der Waals surface area contributed by atoms with Gasteiger partial charge in [0.15, 0.2) is 0 Å². The van der Waals surface area contributed by atoms with Gasteiger partial charge in [0.1, 0.15) is 4.90 Å². The van der Waals surface area contributed by atoms with E-state index in [2.05, 4.69) is 14.2 Å². The number of benzene rings is 2. The molecule has 0 radical (unpaired) electrons. The van der Waals surface area contributed by atoms with Crippen molar-refractivity contribution in [2.75, 3.05) is 18.9 Å². The van der Waals surface area contributed by atoms with Crippen molar-refractivity contribution in [3.05, 3.63) is 56.5 Å². The fraction of sp³-hybridized carbons (Fsp3) is 0.125. The topological polar surface area (TPSA) is 98.8 Å². The smallest absolute Gasteiger partial charge is 0.337 e. The van der Waals surface area contributed by atoms with Crippen LogP contribution in [0, 0.1) is 0 Å². The van der Waals surface area contributed by atoms with Crippen LogP contribution >= 0.6 is 34.8 Å². The molecule has 0 amide bonds. The molecular weight excluding hydrogens is 441 g/mol. The fourth-order valence-electron chi connectivity index (χ4n) is 2.08. The van der Waals surface area contributed by atoms with Crippen molar-refractivity contribution in [1.82, 2.24) is 0 Å². The summed E-state index contributed by atoms with van der Waals surface area (Å²) in [6.45, 7) is 0. The Hall–Kier alpha value is -2.00. The van der Waals surface area contributed by atoms with E-state index in [-0.39, 0.29) is 36.8 Å². The highest BCUT2D eigenvalue weighted by Crippen LogP contribution is 2.32. The van der Waals surface area contributed by atoms with Gasteiger partial charge in [-0.3, -0.25) is 4.72 Å². The van der Waals surface area contributed by atoms with Gasteiger partial charge in [0.25, 0.3) is 10.0 Å². The third kappa shape index (κ3) is 4.84. The molecule has 7 nitrogen and oxygen atoms in total. The van der Waals surface area contributed by atoms with Crippen molar-refractivity contribution in [3.63, 3.8) is 0 Å². The Bertz CT molecular complexity index is 989. The molecule has 0 heterocycles. The Morgan fingerprint density at radius 1 is 0.815 bits per heavy atom. The average molecular weight is 453 g/mol. The number of halogens is 3. The monoisotopic (exact) mass is 451 g/mol. The number of ether oxygens (including phenoxy) is 2. The molecule has 27 heavy (non-hydrogen) atoms. The quantitative estimate of drug-likeness (QED) is 0.543. The van der Waals surface area contributed by atoms with Crippen LogP contribution in [0.1, 0.15) is 20.7 Å². The Labute approximate surface area is 170 Å². The maximum Gasteiger partial charge on any atom is 0.337 e. The Kier molecular flexibility index (Phi) is 6.59. The normalized spacial score (nSPS) is 11.0. The second-order valence-corrected chi connectivity index (χ2v) is 7.96. The van der Waals surface area contributed by atoms with E-state index < -0.39 is 22.0 Å². The fourth-order valence-corrected chi connectivity index (χ4v) is 4.12. The van der Waals surface area contributed by atoms with Crippen LogP contribution in [0.5, 0.6) is 0 Å². The van der Waals surface area contributed by atoms with E-state index in [1.54, 1.807) is 0 Å². The highest BCUT2D eigenvalue weighted by molar-refractivity contribution is 7.92. The summed E-state index contributed by atoms with van der Waals surface area (Å²) in [6, 6.07) is 5.87. The van der Waals surface area contributed by atoms with E-state index in [0.29, 0.717) is 0 Å². The van der Waals surface area contributed by atoms with Crippen molar-refractivity contribution in [2.45, 2.75) is 4.90 Å². The minimum absolute atomic E-state index is 0.0139. The lowest BCUT2D eigenvalue weighted by atomic mass is 10.1. The molecule has 1 N–H and O–H groups in total. The molecule has 0 aliphatic rings. The van der Waals surface area contributed by atoms with Crippen LogP contribution < -0.4 is 4.72 Å². The summed E-state index contributed by atoms with van der Waals surface area (Å²) in [7, 11) is -1.92. The van der Waals surface area contributed by atoms with Crippen molar-refractivity contribution < 1.29 is 27.5 Å². The minimum Gasteiger partial charge on any atom is -0.465 e. The summed E-state index contributed by atoms with van der Waals surface area (Å²) < 4.78 is 36.7. The summed E-state index contributed by atoms with van der Waals surface area (Å²) >= 11 is 17.6. The molecule has 144 valence electrons. The van der Waals surface area contributed by atoms with Crippen LogP contribution in [0.25, 0.3) is 0 Å². The Morgan fingerprint density at radius 2 is 1.30 bits per heavy atom. The van der Waals surface area contributed by atoms with Crippen molar-refractivity contribution in [2.24, 2.45) is 0 Å². The lowest BCUT2D eigenvalue weighted by Crippen LogP contribution is -2.15. The van der Waals surface area contributed by atoms with Crippen LogP contribution in [0.3, 0.4) is 0 Å². The van der Waals surface area contributed by atoms with Gasteiger partial charge in [0.05, 0.1) is 46.1 Å². The zero-order valence-corrected chi connectivity index (χ0v) is 17.0. The van der Waals surface area contributed by atoms with Gasteiger partial charge >= 0.3 is 11.9 Å². The number of anilines is 1. The maximum atomic E-state index is 12.7. The van der Waals surface area contributed by atoms with Gasteiger partial charge in [-0.1, -0.05) is 34.8 Å². The molecule has 0 saturated heterocycles. The third-order valence-corrected chi connectivity index (χ3v) is 5.86. The number of carbonyl (C=O) groups is 2. The molecule has 11 heteroatoms. The molecule has 2 aromatic carbocycles. The maximum absolute atomic E-state index is 12.7. The molecule has 2 aromatic rings. The molecule has 0 unspecified atom stereocenters. The zero-order chi connectivity index (χ0) is 20.4. The first kappa shape index (κ1) is 21.3. The number of sulfonamides is 1. The summed E-state index contributed by atoms with van der Waals surface area (Å²) in [4.78, 5) is 23.3. The standard InChI is InChI=1S/C16H12Cl3NO6S/c1-25-15(21)8-3-9(16(22)26-2)5-10(4-8)20-27(23,24)14-7-12(18)11(17)6-13(14)19/h3-7,20H,1-2H3. The molecule has 2 rings (SSSR count). The van der Waals surface area contributed by atoms with Crippen molar-refractivity contribution >= 4 is 62.5 Å². The number of hydrogen-bond acceptors (Lipinski definition) is 6. The average Bonchev–Trinajstić information content (AvgIpc) is 2.62. The number of methoxy groups -OCH3 is 2. The lowest BCUT2D eigenvalue weighted by Gasteiger charge is -2.12. The van der Waals surface area contributed by atoms with Crippen LogP contribution in [0.2, 0.25) is 15.1 Å². The summed E-state index contributed by atoms with van der Waals surface area (Å²) in [5.41, 5.74) is -0.197. The highest BCUT2D eigenvalue weighted by atomic mass is 35.5.